The van der Waals surface area contributed by atoms with Crippen LogP contribution in [0.2, 0.25) is 0 Å². The summed E-state index contributed by atoms with van der Waals surface area (Å²) in [5.41, 5.74) is 0. The summed E-state index contributed by atoms with van der Waals surface area (Å²) in [6, 6.07) is 0. The summed E-state index contributed by atoms with van der Waals surface area (Å²) in [5, 5.41) is 0. The average molecular weight is 326 g/mol. The topological polar surface area (TPSA) is 20.3 Å². The first kappa shape index (κ1) is 30.4. The van der Waals surface area contributed by atoms with Gasteiger partial charge >= 0.3 is 0 Å². The summed E-state index contributed by atoms with van der Waals surface area (Å²) in [6.45, 7) is 15.2. The molecule has 3 heteroatoms. The van der Waals surface area contributed by atoms with Crippen LogP contribution in [0.3, 0.4) is 0 Å². The predicted molar refractivity (Wildman–Crippen MR) is 108 cm³/mol. The molecule has 2 rings (SSSR count). The molecule has 0 spiro atoms. The van der Waals surface area contributed by atoms with E-state index in [1.54, 1.807) is 0 Å². The first-order valence-corrected chi connectivity index (χ1v) is 9.98. The molecule has 1 unspecified atom stereocenters. The van der Waals surface area contributed by atoms with Crippen LogP contribution in [0.4, 0.5) is 0 Å². The quantitative estimate of drug-likeness (QED) is 0.518. The highest BCUT2D eigenvalue weighted by atomic mass is 16.2. The molecular weight excluding hydrogens is 281 g/mol. The third-order valence-corrected chi connectivity index (χ3v) is 3.80. The highest BCUT2D eigenvalue weighted by molar-refractivity contribution is 5.76. The molecule has 1 aliphatic heterocycles. The summed E-state index contributed by atoms with van der Waals surface area (Å²) in [7, 11) is 1.89. The summed E-state index contributed by atoms with van der Waals surface area (Å²) < 4.78 is 0. The van der Waals surface area contributed by atoms with Crippen molar-refractivity contribution in [2.75, 3.05) is 13.6 Å². The van der Waals surface area contributed by atoms with Gasteiger partial charge in [0.15, 0.2) is 0 Å². The third-order valence-electron chi connectivity index (χ3n) is 3.80. The molecule has 2 fully saturated rings. The first-order valence-electron chi connectivity index (χ1n) is 9.98. The Labute approximate surface area is 150 Å². The molecular formula is C20H45BNO. The van der Waals surface area contributed by atoms with Crippen molar-refractivity contribution in [3.8, 4) is 0 Å². The van der Waals surface area contributed by atoms with Crippen molar-refractivity contribution < 1.29 is 4.79 Å². The maximum Gasteiger partial charge on any atom is 0.222 e. The van der Waals surface area contributed by atoms with Gasteiger partial charge in [0, 0.05) is 28.4 Å². The molecule has 1 aliphatic carbocycles. The predicted octanol–water partition coefficient (Wildman–Crippen LogP) is 6.30. The molecule has 1 saturated carbocycles. The number of hydrogen-bond acceptors (Lipinski definition) is 1. The van der Waals surface area contributed by atoms with Crippen molar-refractivity contribution in [1.29, 1.82) is 0 Å². The van der Waals surface area contributed by atoms with Gasteiger partial charge in [-0.3, -0.25) is 4.79 Å². The van der Waals surface area contributed by atoms with Crippen LogP contribution >= 0.6 is 0 Å². The van der Waals surface area contributed by atoms with E-state index in [9.17, 15) is 4.79 Å². The van der Waals surface area contributed by atoms with Crippen molar-refractivity contribution in [3.63, 3.8) is 0 Å². The van der Waals surface area contributed by atoms with Gasteiger partial charge in [0.1, 0.15) is 0 Å². The molecule has 1 atom stereocenters. The van der Waals surface area contributed by atoms with Crippen LogP contribution in [0.5, 0.6) is 0 Å². The lowest BCUT2D eigenvalue weighted by molar-refractivity contribution is -0.133. The Balaban J connectivity index is -0.000000120. The fraction of sp³-hybridized carbons (Fsp3) is 0.950. The molecule has 0 aromatic rings. The summed E-state index contributed by atoms with van der Waals surface area (Å²) >= 11 is 0. The highest BCUT2D eigenvalue weighted by Gasteiger charge is 2.20. The molecule has 1 heterocycles. The second-order valence-corrected chi connectivity index (χ2v) is 5.21. The molecule has 1 saturated heterocycles. The third kappa shape index (κ3) is 19.5. The molecule has 0 N–H and O–H groups in total. The Morgan fingerprint density at radius 1 is 0.870 bits per heavy atom. The van der Waals surface area contributed by atoms with Crippen LogP contribution in [0.15, 0.2) is 0 Å². The minimum Gasteiger partial charge on any atom is -0.345 e. The van der Waals surface area contributed by atoms with E-state index in [2.05, 4.69) is 6.92 Å². The van der Waals surface area contributed by atoms with Crippen molar-refractivity contribution in [2.45, 2.75) is 106 Å². The van der Waals surface area contributed by atoms with Gasteiger partial charge in [0.05, 0.1) is 0 Å². The zero-order valence-electron chi connectivity index (χ0n) is 17.6. The molecule has 2 aliphatic rings. The zero-order valence-corrected chi connectivity index (χ0v) is 17.6. The molecule has 23 heavy (non-hydrogen) atoms. The van der Waals surface area contributed by atoms with Gasteiger partial charge in [-0.2, -0.15) is 0 Å². The van der Waals surface area contributed by atoms with E-state index in [0.29, 0.717) is 5.91 Å². The van der Waals surface area contributed by atoms with E-state index in [0.717, 1.165) is 25.3 Å². The van der Waals surface area contributed by atoms with Crippen molar-refractivity contribution in [1.82, 2.24) is 4.90 Å². The lowest BCUT2D eigenvalue weighted by atomic mass is 9.96. The lowest BCUT2D eigenvalue weighted by Crippen LogP contribution is -2.36. The lowest BCUT2D eigenvalue weighted by Gasteiger charge is -2.28. The van der Waals surface area contributed by atoms with E-state index in [1.807, 2.05) is 53.5 Å². The van der Waals surface area contributed by atoms with Gasteiger partial charge in [-0.15, -0.1) is 0 Å². The molecule has 139 valence electrons. The van der Waals surface area contributed by atoms with E-state index < -0.39 is 0 Å². The second kappa shape index (κ2) is 26.4. The molecule has 0 aromatic heterocycles. The van der Waals surface area contributed by atoms with Gasteiger partial charge in [-0.05, 0) is 12.3 Å². The zero-order chi connectivity index (χ0) is 17.8. The number of carbonyl (C=O) groups is 1. The Hall–Kier alpha value is -0.465. The molecule has 0 bridgehead atoms. The van der Waals surface area contributed by atoms with Gasteiger partial charge in [-0.25, -0.2) is 0 Å². The number of carbonyl (C=O) groups excluding carboxylic acids is 1. The van der Waals surface area contributed by atoms with E-state index in [-0.39, 0.29) is 8.41 Å². The number of nitrogens with zero attached hydrogens (tertiary/aromatic N) is 1. The first-order chi connectivity index (χ1) is 10.7. The van der Waals surface area contributed by atoms with Crippen LogP contribution in [0.25, 0.3) is 0 Å². The average Bonchev–Trinajstić information content (AvgIpc) is 2.64. The molecule has 2 nitrogen and oxygen atoms in total. The van der Waals surface area contributed by atoms with Crippen molar-refractivity contribution in [2.24, 2.45) is 5.92 Å². The molecule has 1 amide bonds. The Bertz CT molecular complexity index is 194. The maximum absolute atomic E-state index is 11.0. The van der Waals surface area contributed by atoms with E-state index in [4.69, 9.17) is 0 Å². The number of hydrogen-bond donors (Lipinski definition) is 0. The second-order valence-electron chi connectivity index (χ2n) is 5.21. The minimum absolute atomic E-state index is 0. The standard InChI is InChI=1S/C8H15NO.C6H12.3C2H6.B/c1-3-7-4-5-8(10)9(2)6-7;1-2-4-6-5-3-1;3*1-2;/h7H,3-6H2,1-2H3;1-6H2;3*1-2H3;. The number of likely N-dealkylation sites (tertiary alicyclic amines) is 1. The minimum atomic E-state index is 0. The fourth-order valence-electron chi connectivity index (χ4n) is 2.49. The summed E-state index contributed by atoms with van der Waals surface area (Å²) in [6.07, 6.45) is 12.1. The van der Waals surface area contributed by atoms with Crippen molar-refractivity contribution >= 4 is 14.3 Å². The van der Waals surface area contributed by atoms with Crippen LogP contribution < -0.4 is 0 Å². The van der Waals surface area contributed by atoms with Gasteiger partial charge in [0.2, 0.25) is 5.91 Å². The van der Waals surface area contributed by atoms with Gasteiger partial charge < -0.3 is 4.90 Å². The summed E-state index contributed by atoms with van der Waals surface area (Å²) in [4.78, 5) is 12.8. The smallest absolute Gasteiger partial charge is 0.222 e. The molecule has 0 aromatic carbocycles. The monoisotopic (exact) mass is 326 g/mol. The SMILES string of the molecule is C1CCCCC1.CC.CC.CC.CCC1CCC(=O)N(C)C1.[B]. The number of rotatable bonds is 1. The number of amides is 1. The van der Waals surface area contributed by atoms with Gasteiger partial charge in [0.25, 0.3) is 0 Å². The normalized spacial score (nSPS) is 18.9. The molecule has 3 radical (unpaired) electrons. The van der Waals surface area contributed by atoms with E-state index in [1.165, 1.54) is 44.9 Å². The van der Waals surface area contributed by atoms with Crippen LogP contribution in [0.1, 0.15) is 106 Å². The van der Waals surface area contributed by atoms with Crippen LogP contribution in [-0.2, 0) is 4.79 Å². The van der Waals surface area contributed by atoms with Gasteiger partial charge in [-0.1, -0.05) is 93.4 Å². The summed E-state index contributed by atoms with van der Waals surface area (Å²) in [5.74, 6) is 1.06. The Morgan fingerprint density at radius 2 is 1.22 bits per heavy atom. The maximum atomic E-state index is 11.0. The van der Waals surface area contributed by atoms with Crippen LogP contribution in [0, 0.1) is 5.92 Å². The highest BCUT2D eigenvalue weighted by Crippen LogP contribution is 2.18. The van der Waals surface area contributed by atoms with Crippen LogP contribution in [-0.4, -0.2) is 32.8 Å². The Morgan fingerprint density at radius 3 is 1.48 bits per heavy atom. The number of piperidine rings is 1. The van der Waals surface area contributed by atoms with Crippen molar-refractivity contribution in [3.05, 3.63) is 0 Å². The Kier molecular flexibility index (Phi) is 35.0. The largest absolute Gasteiger partial charge is 0.345 e. The fourth-order valence-corrected chi connectivity index (χ4v) is 2.49. The van der Waals surface area contributed by atoms with E-state index >= 15 is 0 Å².